The van der Waals surface area contributed by atoms with Gasteiger partial charge in [-0.05, 0) is 17.7 Å². The van der Waals surface area contributed by atoms with Crippen LogP contribution in [-0.2, 0) is 0 Å². The second kappa shape index (κ2) is 3.36. The van der Waals surface area contributed by atoms with E-state index in [1.807, 2.05) is 6.07 Å². The van der Waals surface area contributed by atoms with Crippen LogP contribution in [0.1, 0.15) is 10.9 Å². The van der Waals surface area contributed by atoms with Crippen LogP contribution in [0.25, 0.3) is 0 Å². The second-order valence-electron chi connectivity index (χ2n) is 2.05. The normalized spacial score (nSPS) is 12.1. The Balaban J connectivity index is 2.98. The molecule has 1 atom stereocenters. The van der Waals surface area contributed by atoms with Gasteiger partial charge in [0, 0.05) is 0 Å². The molecule has 1 rings (SSSR count). The van der Waals surface area contributed by atoms with Crippen molar-refractivity contribution >= 4 is 11.6 Å². The van der Waals surface area contributed by atoms with Crippen LogP contribution in [0.5, 0.6) is 0 Å². The molecule has 0 fully saturated rings. The van der Waals surface area contributed by atoms with Crippen molar-refractivity contribution in [3.8, 4) is 6.07 Å². The summed E-state index contributed by atoms with van der Waals surface area (Å²) in [5.41, 5.74) is 0.495. The molecule has 0 saturated heterocycles. The highest BCUT2D eigenvalue weighted by Gasteiger charge is 2.05. The minimum atomic E-state index is -0.759. The van der Waals surface area contributed by atoms with Crippen LogP contribution in [0.2, 0.25) is 0 Å². The molecule has 0 N–H and O–H groups in total. The van der Waals surface area contributed by atoms with Crippen molar-refractivity contribution in [2.75, 3.05) is 0 Å². The third-order valence-electron chi connectivity index (χ3n) is 1.25. The SMILES string of the molecule is N#C[C@@H](Cl)c1cccc(F)c1. The molecule has 1 aromatic rings. The topological polar surface area (TPSA) is 23.8 Å². The van der Waals surface area contributed by atoms with E-state index in [1.165, 1.54) is 18.2 Å². The summed E-state index contributed by atoms with van der Waals surface area (Å²) in [6, 6.07) is 7.51. The molecule has 0 saturated carbocycles. The largest absolute Gasteiger partial charge is 0.207 e. The molecule has 0 heterocycles. The first kappa shape index (κ1) is 8.03. The lowest BCUT2D eigenvalue weighted by Crippen LogP contribution is -1.86. The van der Waals surface area contributed by atoms with Gasteiger partial charge in [0.2, 0.25) is 0 Å². The minimum absolute atomic E-state index is 0.372. The highest BCUT2D eigenvalue weighted by atomic mass is 35.5. The average molecular weight is 170 g/mol. The van der Waals surface area contributed by atoms with E-state index in [-0.39, 0.29) is 5.82 Å². The molecule has 11 heavy (non-hydrogen) atoms. The van der Waals surface area contributed by atoms with Crippen molar-refractivity contribution in [3.05, 3.63) is 35.6 Å². The van der Waals surface area contributed by atoms with E-state index < -0.39 is 5.38 Å². The summed E-state index contributed by atoms with van der Waals surface area (Å²) in [5, 5.41) is 7.62. The summed E-state index contributed by atoms with van der Waals surface area (Å²) in [5.74, 6) is -0.372. The van der Waals surface area contributed by atoms with E-state index in [2.05, 4.69) is 0 Å². The maximum Gasteiger partial charge on any atom is 0.145 e. The van der Waals surface area contributed by atoms with E-state index in [0.717, 1.165) is 0 Å². The molecule has 56 valence electrons. The lowest BCUT2D eigenvalue weighted by Gasteiger charge is -1.98. The predicted molar refractivity (Wildman–Crippen MR) is 40.6 cm³/mol. The molecular formula is C8H5ClFN. The Morgan fingerprint density at radius 3 is 2.82 bits per heavy atom. The highest BCUT2D eigenvalue weighted by Crippen LogP contribution is 2.19. The van der Waals surface area contributed by atoms with Crippen molar-refractivity contribution < 1.29 is 4.39 Å². The Morgan fingerprint density at radius 2 is 2.27 bits per heavy atom. The van der Waals surface area contributed by atoms with Crippen LogP contribution >= 0.6 is 11.6 Å². The first-order chi connectivity index (χ1) is 5.24. The summed E-state index contributed by atoms with van der Waals surface area (Å²) in [6.45, 7) is 0. The molecule has 0 aliphatic heterocycles. The van der Waals surface area contributed by atoms with Gasteiger partial charge in [0.25, 0.3) is 0 Å². The van der Waals surface area contributed by atoms with Crippen molar-refractivity contribution in [2.24, 2.45) is 0 Å². The van der Waals surface area contributed by atoms with Crippen LogP contribution in [-0.4, -0.2) is 0 Å². The Bertz CT molecular complexity index is 292. The highest BCUT2D eigenvalue weighted by molar-refractivity contribution is 6.22. The lowest BCUT2D eigenvalue weighted by molar-refractivity contribution is 0.626. The fourth-order valence-corrected chi connectivity index (χ4v) is 0.875. The average Bonchev–Trinajstić information content (AvgIpc) is 2.03. The summed E-state index contributed by atoms with van der Waals surface area (Å²) >= 11 is 5.53. The maximum atomic E-state index is 12.5. The third-order valence-corrected chi connectivity index (χ3v) is 1.60. The third kappa shape index (κ3) is 1.92. The number of rotatable bonds is 1. The van der Waals surface area contributed by atoms with E-state index in [9.17, 15) is 4.39 Å². The number of benzene rings is 1. The number of halogens is 2. The van der Waals surface area contributed by atoms with Crippen LogP contribution in [0.3, 0.4) is 0 Å². The second-order valence-corrected chi connectivity index (χ2v) is 2.48. The fourth-order valence-electron chi connectivity index (χ4n) is 0.739. The molecule has 0 spiro atoms. The number of alkyl halides is 1. The number of hydrogen-bond acceptors (Lipinski definition) is 1. The fraction of sp³-hybridized carbons (Fsp3) is 0.125. The standard InChI is InChI=1S/C8H5ClFN/c9-8(5-11)6-2-1-3-7(10)4-6/h1-4,8H/t8-/m1/s1. The Hall–Kier alpha value is -1.07. The minimum Gasteiger partial charge on any atom is -0.207 e. The Labute approximate surface area is 69.0 Å². The molecule has 0 amide bonds. The smallest absolute Gasteiger partial charge is 0.145 e. The molecule has 0 bridgehead atoms. The van der Waals surface area contributed by atoms with Crippen molar-refractivity contribution in [2.45, 2.75) is 5.38 Å². The first-order valence-electron chi connectivity index (χ1n) is 3.03. The van der Waals surface area contributed by atoms with Crippen molar-refractivity contribution in [1.29, 1.82) is 5.26 Å². The number of hydrogen-bond donors (Lipinski definition) is 0. The first-order valence-corrected chi connectivity index (χ1v) is 3.47. The lowest BCUT2D eigenvalue weighted by atomic mass is 10.2. The molecule has 0 radical (unpaired) electrons. The van der Waals surface area contributed by atoms with Crippen LogP contribution < -0.4 is 0 Å². The van der Waals surface area contributed by atoms with Gasteiger partial charge in [-0.2, -0.15) is 5.26 Å². The van der Waals surface area contributed by atoms with Gasteiger partial charge in [-0.25, -0.2) is 4.39 Å². The molecule has 1 nitrogen and oxygen atoms in total. The summed E-state index contributed by atoms with van der Waals surface area (Å²) < 4.78 is 12.5. The van der Waals surface area contributed by atoms with Gasteiger partial charge >= 0.3 is 0 Å². The predicted octanol–water partition coefficient (Wildman–Crippen LogP) is 2.63. The summed E-state index contributed by atoms with van der Waals surface area (Å²) in [6.07, 6.45) is 0. The van der Waals surface area contributed by atoms with Crippen LogP contribution in [0.15, 0.2) is 24.3 Å². The van der Waals surface area contributed by atoms with Crippen LogP contribution in [0.4, 0.5) is 4.39 Å². The maximum absolute atomic E-state index is 12.5. The van der Waals surface area contributed by atoms with Gasteiger partial charge in [-0.1, -0.05) is 12.1 Å². The Morgan fingerprint density at radius 1 is 1.55 bits per heavy atom. The van der Waals surface area contributed by atoms with Gasteiger partial charge in [-0.15, -0.1) is 11.6 Å². The molecule has 0 aliphatic rings. The molecule has 1 aromatic carbocycles. The Kier molecular flexibility index (Phi) is 2.45. The number of nitrogens with zero attached hydrogens (tertiary/aromatic N) is 1. The zero-order valence-corrected chi connectivity index (χ0v) is 6.35. The number of nitriles is 1. The van der Waals surface area contributed by atoms with Gasteiger partial charge in [0.1, 0.15) is 11.2 Å². The molecular weight excluding hydrogens is 165 g/mol. The van der Waals surface area contributed by atoms with Crippen molar-refractivity contribution in [3.63, 3.8) is 0 Å². The van der Waals surface area contributed by atoms with E-state index >= 15 is 0 Å². The summed E-state index contributed by atoms with van der Waals surface area (Å²) in [7, 11) is 0. The zero-order valence-electron chi connectivity index (χ0n) is 5.59. The van der Waals surface area contributed by atoms with E-state index in [1.54, 1.807) is 6.07 Å². The molecule has 0 unspecified atom stereocenters. The zero-order chi connectivity index (χ0) is 8.27. The quantitative estimate of drug-likeness (QED) is 0.593. The monoisotopic (exact) mass is 169 g/mol. The molecule has 0 aliphatic carbocycles. The molecule has 3 heteroatoms. The van der Waals surface area contributed by atoms with E-state index in [0.29, 0.717) is 5.56 Å². The van der Waals surface area contributed by atoms with Crippen molar-refractivity contribution in [1.82, 2.24) is 0 Å². The van der Waals surface area contributed by atoms with Gasteiger partial charge in [0.15, 0.2) is 0 Å². The van der Waals surface area contributed by atoms with Gasteiger partial charge < -0.3 is 0 Å². The van der Waals surface area contributed by atoms with E-state index in [4.69, 9.17) is 16.9 Å². The molecule has 0 aromatic heterocycles. The van der Waals surface area contributed by atoms with Crippen LogP contribution in [0, 0.1) is 17.1 Å². The van der Waals surface area contributed by atoms with Gasteiger partial charge in [-0.3, -0.25) is 0 Å². The van der Waals surface area contributed by atoms with Gasteiger partial charge in [0.05, 0.1) is 6.07 Å². The summed E-state index contributed by atoms with van der Waals surface area (Å²) in [4.78, 5) is 0.